The number of rotatable bonds is 7. The molecule has 0 bridgehead atoms. The minimum atomic E-state index is -1.11. The summed E-state index contributed by atoms with van der Waals surface area (Å²) in [7, 11) is 2.75. The van der Waals surface area contributed by atoms with Crippen LogP contribution in [0.5, 0.6) is 17.2 Å². The number of carboxylic acids is 1. The predicted molar refractivity (Wildman–Crippen MR) is 65.8 cm³/mol. The van der Waals surface area contributed by atoms with Gasteiger partial charge in [-0.2, -0.15) is 0 Å². The van der Waals surface area contributed by atoms with E-state index >= 15 is 0 Å². The number of benzene rings is 1. The maximum Gasteiger partial charge on any atom is 0.335 e. The number of amides is 1. The molecule has 0 fully saturated rings. The molecule has 0 spiro atoms. The van der Waals surface area contributed by atoms with Crippen LogP contribution in [0.1, 0.15) is 16.8 Å². The van der Waals surface area contributed by atoms with E-state index in [1.807, 2.05) is 0 Å². The van der Waals surface area contributed by atoms with E-state index in [1.54, 1.807) is 0 Å². The second kappa shape index (κ2) is 6.48. The Kier molecular flexibility index (Phi) is 4.99. The summed E-state index contributed by atoms with van der Waals surface area (Å²) >= 11 is 0. The van der Waals surface area contributed by atoms with Crippen LogP contribution in [0.4, 0.5) is 0 Å². The molecule has 7 heteroatoms. The van der Waals surface area contributed by atoms with Gasteiger partial charge in [-0.3, -0.25) is 4.79 Å². The largest absolute Gasteiger partial charge is 0.493 e. The summed E-state index contributed by atoms with van der Waals surface area (Å²) in [4.78, 5) is 21.6. The van der Waals surface area contributed by atoms with Crippen LogP contribution < -0.4 is 19.9 Å². The Bertz CT molecular complexity index is 460. The lowest BCUT2D eigenvalue weighted by molar-refractivity contribution is -0.118. The lowest BCUT2D eigenvalue weighted by Crippen LogP contribution is -2.15. The molecule has 1 aromatic carbocycles. The predicted octanol–water partition coefficient (Wildman–Crippen LogP) is 0.656. The summed E-state index contributed by atoms with van der Waals surface area (Å²) in [5, 5.41) is 8.95. The van der Waals surface area contributed by atoms with Crippen molar-refractivity contribution in [1.29, 1.82) is 0 Å². The van der Waals surface area contributed by atoms with Crippen molar-refractivity contribution < 1.29 is 28.9 Å². The Morgan fingerprint density at radius 1 is 1.21 bits per heavy atom. The lowest BCUT2D eigenvalue weighted by atomic mass is 10.2. The molecule has 0 aliphatic heterocycles. The third kappa shape index (κ3) is 3.77. The fourth-order valence-corrected chi connectivity index (χ4v) is 1.40. The number of nitrogens with two attached hydrogens (primary N) is 1. The zero-order valence-corrected chi connectivity index (χ0v) is 10.6. The molecule has 19 heavy (non-hydrogen) atoms. The molecule has 0 radical (unpaired) electrons. The highest BCUT2D eigenvalue weighted by atomic mass is 16.5. The molecule has 0 aliphatic rings. The number of hydrogen-bond acceptors (Lipinski definition) is 5. The Labute approximate surface area is 109 Å². The van der Waals surface area contributed by atoms with Crippen LogP contribution >= 0.6 is 0 Å². The van der Waals surface area contributed by atoms with Gasteiger partial charge >= 0.3 is 5.97 Å². The summed E-state index contributed by atoms with van der Waals surface area (Å²) in [6, 6.07) is 2.62. The first kappa shape index (κ1) is 14.6. The zero-order chi connectivity index (χ0) is 14.4. The monoisotopic (exact) mass is 269 g/mol. The minimum absolute atomic E-state index is 0.0101. The Morgan fingerprint density at radius 2 is 1.74 bits per heavy atom. The van der Waals surface area contributed by atoms with Crippen molar-refractivity contribution in [3.8, 4) is 17.2 Å². The van der Waals surface area contributed by atoms with Gasteiger partial charge in [0.05, 0.1) is 32.8 Å². The van der Waals surface area contributed by atoms with Crippen LogP contribution in [0.3, 0.4) is 0 Å². The lowest BCUT2D eigenvalue weighted by Gasteiger charge is -2.14. The zero-order valence-electron chi connectivity index (χ0n) is 10.6. The van der Waals surface area contributed by atoms with Gasteiger partial charge in [0.25, 0.3) is 0 Å². The highest BCUT2D eigenvalue weighted by molar-refractivity contribution is 5.89. The van der Waals surface area contributed by atoms with Crippen molar-refractivity contribution in [3.63, 3.8) is 0 Å². The van der Waals surface area contributed by atoms with Gasteiger partial charge in [-0.05, 0) is 12.1 Å². The molecular weight excluding hydrogens is 254 g/mol. The Hall–Kier alpha value is -2.44. The molecule has 104 valence electrons. The van der Waals surface area contributed by atoms with Crippen molar-refractivity contribution in [3.05, 3.63) is 17.7 Å². The van der Waals surface area contributed by atoms with E-state index in [9.17, 15) is 9.59 Å². The van der Waals surface area contributed by atoms with E-state index in [4.69, 9.17) is 25.1 Å². The normalized spacial score (nSPS) is 9.79. The van der Waals surface area contributed by atoms with Crippen molar-refractivity contribution >= 4 is 11.9 Å². The van der Waals surface area contributed by atoms with Gasteiger partial charge in [-0.1, -0.05) is 0 Å². The quantitative estimate of drug-likeness (QED) is 0.752. The number of ether oxygens (including phenoxy) is 3. The van der Waals surface area contributed by atoms with Crippen molar-refractivity contribution in [2.75, 3.05) is 20.8 Å². The second-order valence-electron chi connectivity index (χ2n) is 3.58. The van der Waals surface area contributed by atoms with E-state index in [2.05, 4.69) is 0 Å². The average Bonchev–Trinajstić information content (AvgIpc) is 2.37. The van der Waals surface area contributed by atoms with E-state index in [1.165, 1.54) is 26.4 Å². The van der Waals surface area contributed by atoms with E-state index in [-0.39, 0.29) is 35.8 Å². The number of hydrogen-bond donors (Lipinski definition) is 2. The summed E-state index contributed by atoms with van der Waals surface area (Å²) in [6.45, 7) is 0.0501. The van der Waals surface area contributed by atoms with Crippen molar-refractivity contribution in [2.24, 2.45) is 5.73 Å². The van der Waals surface area contributed by atoms with Gasteiger partial charge in [0.2, 0.25) is 11.7 Å². The second-order valence-corrected chi connectivity index (χ2v) is 3.58. The fraction of sp³-hybridized carbons (Fsp3) is 0.333. The molecular formula is C12H15NO6. The summed E-state index contributed by atoms with van der Waals surface area (Å²) in [5.74, 6) is -0.959. The minimum Gasteiger partial charge on any atom is -0.493 e. The van der Waals surface area contributed by atoms with Gasteiger partial charge in [-0.25, -0.2) is 4.79 Å². The summed E-state index contributed by atoms with van der Waals surface area (Å²) in [5.41, 5.74) is 5.01. The van der Waals surface area contributed by atoms with E-state index in [0.717, 1.165) is 0 Å². The highest BCUT2D eigenvalue weighted by Gasteiger charge is 2.17. The van der Waals surface area contributed by atoms with Gasteiger partial charge < -0.3 is 25.1 Å². The SMILES string of the molecule is COc1cc(C(=O)O)cc(OC)c1OCCC(N)=O. The average molecular weight is 269 g/mol. The van der Waals surface area contributed by atoms with E-state index in [0.29, 0.717) is 0 Å². The number of methoxy groups -OCH3 is 2. The molecule has 0 unspecified atom stereocenters. The maximum absolute atomic E-state index is 10.9. The van der Waals surface area contributed by atoms with Crippen molar-refractivity contribution in [1.82, 2.24) is 0 Å². The van der Waals surface area contributed by atoms with Crippen LogP contribution in [0.25, 0.3) is 0 Å². The first-order valence-corrected chi connectivity index (χ1v) is 5.40. The molecule has 7 nitrogen and oxygen atoms in total. The molecule has 3 N–H and O–H groups in total. The number of primary amides is 1. The Morgan fingerprint density at radius 3 is 2.11 bits per heavy atom. The molecule has 0 heterocycles. The molecule has 0 saturated heterocycles. The number of carboxylic acid groups (broad SMARTS) is 1. The molecule has 0 saturated carbocycles. The first-order chi connectivity index (χ1) is 8.99. The number of carbonyl (C=O) groups is 2. The standard InChI is InChI=1S/C12H15NO6/c1-17-8-5-7(12(15)16)6-9(18-2)11(8)19-4-3-10(13)14/h5-6H,3-4H2,1-2H3,(H2,13,14)(H,15,16). The van der Waals surface area contributed by atoms with E-state index < -0.39 is 11.9 Å². The molecule has 1 rings (SSSR count). The number of carbonyl (C=O) groups excluding carboxylic acids is 1. The fourth-order valence-electron chi connectivity index (χ4n) is 1.40. The number of aromatic carboxylic acids is 1. The smallest absolute Gasteiger partial charge is 0.335 e. The van der Waals surface area contributed by atoms with Crippen LogP contribution in [0.15, 0.2) is 12.1 Å². The Balaban J connectivity index is 3.06. The molecule has 0 atom stereocenters. The third-order valence-corrected chi connectivity index (χ3v) is 2.30. The highest BCUT2D eigenvalue weighted by Crippen LogP contribution is 2.38. The molecule has 1 amide bonds. The molecule has 0 aromatic heterocycles. The maximum atomic E-state index is 10.9. The summed E-state index contributed by atoms with van der Waals surface area (Å²) in [6.07, 6.45) is 0.0347. The first-order valence-electron chi connectivity index (χ1n) is 5.40. The topological polar surface area (TPSA) is 108 Å². The van der Waals surface area contributed by atoms with Crippen LogP contribution in [0, 0.1) is 0 Å². The third-order valence-electron chi connectivity index (χ3n) is 2.30. The van der Waals surface area contributed by atoms with Crippen LogP contribution in [-0.4, -0.2) is 37.8 Å². The van der Waals surface area contributed by atoms with Gasteiger partial charge in [0.15, 0.2) is 11.5 Å². The van der Waals surface area contributed by atoms with Crippen LogP contribution in [-0.2, 0) is 4.79 Å². The van der Waals surface area contributed by atoms with Gasteiger partial charge in [0.1, 0.15) is 0 Å². The molecule has 1 aromatic rings. The summed E-state index contributed by atoms with van der Waals surface area (Å²) < 4.78 is 15.5. The van der Waals surface area contributed by atoms with Crippen LogP contribution in [0.2, 0.25) is 0 Å². The van der Waals surface area contributed by atoms with Crippen molar-refractivity contribution in [2.45, 2.75) is 6.42 Å². The van der Waals surface area contributed by atoms with Gasteiger partial charge in [-0.15, -0.1) is 0 Å². The molecule has 0 aliphatic carbocycles. The van der Waals surface area contributed by atoms with Gasteiger partial charge in [0, 0.05) is 0 Å².